The van der Waals surface area contributed by atoms with Crippen LogP contribution in [-0.2, 0) is 50.7 Å². The Balaban J connectivity index is 0.000000951. The Bertz CT molecular complexity index is 1860. The molecule has 3 heterocycles. The average Bonchev–Trinajstić information content (AvgIpc) is 3.69. The number of carbonyl (C=O) groups excluding carboxylic acids is 2. The molecule has 15 N–H and O–H groups in total. The number of ether oxygens (including phenoxy) is 1. The molecule has 0 bridgehead atoms. The lowest BCUT2D eigenvalue weighted by Gasteiger charge is -2.30. The second kappa shape index (κ2) is 22.9. The van der Waals surface area contributed by atoms with Crippen molar-refractivity contribution in [2.75, 3.05) is 44.3 Å². The van der Waals surface area contributed by atoms with Crippen LogP contribution < -0.4 is 22.1 Å². The number of amides is 2. The molecule has 0 radical (unpaired) electrons. The maximum Gasteiger partial charge on any atom is 0.481 e. The average molecular weight is 931 g/mol. The summed E-state index contributed by atoms with van der Waals surface area (Å²) >= 11 is 3.95. The summed E-state index contributed by atoms with van der Waals surface area (Å²) in [7, 11) is -16.3. The number of fused-ring (bicyclic) bond motifs is 1. The van der Waals surface area contributed by atoms with Crippen LogP contribution in [0.3, 0.4) is 0 Å². The zero-order chi connectivity index (χ0) is 44.9. The van der Waals surface area contributed by atoms with Crippen LogP contribution in [-0.4, -0.2) is 158 Å². The van der Waals surface area contributed by atoms with Gasteiger partial charge in [-0.1, -0.05) is 13.8 Å². The third kappa shape index (κ3) is 17.3. The standard InChI is InChI=1S/C21H36N7O16P3S.C6H13NO4/c1-21(2,16(31)19(32)24-4-3-12(29)23-5-6-48)8-41-47(38,39)44-46(36,37)40-7-11-15(43-45(33,34)35)14(30)20(42-11)28-10-27-13-17(22)25-9-26-18(13)28;7-2-1-4(8)3-5(9)6(10)11/h9-11,14-16,20,30-31,48H,3-8H2,1-2H3,(H,23,29)(H,24,32)(H,36,37)(H,38,39)(H2,22,25,26)(H2,33,34,35);4-5,8-9H,1-3,7H2,(H,10,11)/t11-,14-,15-,16+,20-;/m1./s1. The summed E-state index contributed by atoms with van der Waals surface area (Å²) in [4.78, 5) is 84.7. The smallest absolute Gasteiger partial charge is 0.479 e. The van der Waals surface area contributed by atoms with Crippen molar-refractivity contribution < 1.29 is 95.8 Å². The molecule has 1 fully saturated rings. The van der Waals surface area contributed by atoms with E-state index in [1.165, 1.54) is 13.8 Å². The Morgan fingerprint density at radius 3 is 2.27 bits per heavy atom. The van der Waals surface area contributed by atoms with Crippen molar-refractivity contribution in [1.29, 1.82) is 0 Å². The van der Waals surface area contributed by atoms with Gasteiger partial charge >= 0.3 is 29.4 Å². The fraction of sp³-hybridized carbons (Fsp3) is 0.704. The van der Waals surface area contributed by atoms with Crippen LogP contribution in [0.1, 0.15) is 39.3 Å². The van der Waals surface area contributed by atoms with Gasteiger partial charge in [-0.15, -0.1) is 0 Å². The van der Waals surface area contributed by atoms with E-state index in [0.29, 0.717) is 18.7 Å². The van der Waals surface area contributed by atoms with E-state index in [2.05, 4.69) is 47.0 Å². The number of hydrogen-bond donors (Lipinski definition) is 14. The van der Waals surface area contributed by atoms with Crippen LogP contribution in [0.4, 0.5) is 5.82 Å². The van der Waals surface area contributed by atoms with Crippen molar-refractivity contribution in [2.24, 2.45) is 11.1 Å². The number of aliphatic carboxylic acids is 1. The van der Waals surface area contributed by atoms with Crippen LogP contribution in [0.25, 0.3) is 11.2 Å². The number of nitrogens with two attached hydrogens (primary N) is 2. The molecule has 0 saturated carbocycles. The number of imidazole rings is 1. The van der Waals surface area contributed by atoms with E-state index in [1.54, 1.807) is 0 Å². The van der Waals surface area contributed by atoms with Crippen LogP contribution in [0.5, 0.6) is 0 Å². The highest BCUT2D eigenvalue weighted by Crippen LogP contribution is 2.61. The highest BCUT2D eigenvalue weighted by molar-refractivity contribution is 7.80. The number of nitrogens with one attached hydrogen (secondary N) is 2. The van der Waals surface area contributed by atoms with Gasteiger partial charge in [-0.2, -0.15) is 16.9 Å². The maximum absolute atomic E-state index is 12.6. The minimum Gasteiger partial charge on any atom is -0.479 e. The van der Waals surface area contributed by atoms with Crippen molar-refractivity contribution >= 4 is 70.9 Å². The lowest BCUT2D eigenvalue weighted by atomic mass is 9.87. The van der Waals surface area contributed by atoms with Gasteiger partial charge in [0.15, 0.2) is 23.8 Å². The zero-order valence-corrected chi connectivity index (χ0v) is 34.9. The summed E-state index contributed by atoms with van der Waals surface area (Å²) in [6.45, 7) is 1.01. The van der Waals surface area contributed by atoms with Crippen LogP contribution in [0.2, 0.25) is 0 Å². The van der Waals surface area contributed by atoms with E-state index < -0.39 is 96.8 Å². The molecule has 32 heteroatoms. The number of carboxylic acid groups (broad SMARTS) is 1. The predicted octanol–water partition coefficient (Wildman–Crippen LogP) is -3.13. The van der Waals surface area contributed by atoms with Crippen molar-refractivity contribution in [3.8, 4) is 0 Å². The lowest BCUT2D eigenvalue weighted by Crippen LogP contribution is -2.46. The molecule has 0 spiro atoms. The number of thiol groups is 1. The molecule has 2 amide bonds. The summed E-state index contributed by atoms with van der Waals surface area (Å²) in [6.07, 6.45) is -8.91. The molecule has 28 nitrogen and oxygen atoms in total. The van der Waals surface area contributed by atoms with Gasteiger partial charge in [0.05, 0.1) is 25.6 Å². The summed E-state index contributed by atoms with van der Waals surface area (Å²) in [5, 5.41) is 52.0. The number of hydrogen-bond acceptors (Lipinski definition) is 21. The number of phosphoric acid groups is 3. The second-order valence-electron chi connectivity index (χ2n) is 13.1. The van der Waals surface area contributed by atoms with Crippen molar-refractivity contribution in [3.05, 3.63) is 12.7 Å². The number of aliphatic hydroxyl groups is 4. The third-order valence-electron chi connectivity index (χ3n) is 7.79. The van der Waals surface area contributed by atoms with Crippen molar-refractivity contribution in [1.82, 2.24) is 30.2 Å². The normalized spacial score (nSPS) is 22.0. The first kappa shape index (κ1) is 52.4. The van der Waals surface area contributed by atoms with E-state index in [4.69, 9.17) is 40.6 Å². The molecule has 338 valence electrons. The highest BCUT2D eigenvalue weighted by atomic mass is 32.1. The van der Waals surface area contributed by atoms with Gasteiger partial charge in [0.1, 0.15) is 36.3 Å². The number of aliphatic hydroxyl groups excluding tert-OH is 4. The lowest BCUT2D eigenvalue weighted by molar-refractivity contribution is -0.148. The largest absolute Gasteiger partial charge is 0.481 e. The molecule has 3 rings (SSSR count). The van der Waals surface area contributed by atoms with E-state index in [9.17, 15) is 57.9 Å². The number of aromatic nitrogens is 4. The van der Waals surface area contributed by atoms with E-state index in [1.807, 2.05) is 0 Å². The molecule has 0 aromatic carbocycles. The SMILES string of the molecule is CC(C)(COP(=O)(O)OP(=O)(O)OC[C@H]1O[C@@H](n2cnc3c(N)ncnc32)[C@H](O)[C@@H]1OP(=O)(O)O)[C@@H](O)C(=O)NCCC(=O)NCCS.NCCC(O)CC(O)C(=O)O. The number of nitrogens with zero attached hydrogens (tertiary/aromatic N) is 4. The van der Waals surface area contributed by atoms with Gasteiger partial charge in [0, 0.05) is 37.1 Å². The molecule has 2 aromatic rings. The predicted molar refractivity (Wildman–Crippen MR) is 201 cm³/mol. The van der Waals surface area contributed by atoms with Gasteiger partial charge in [-0.05, 0) is 13.0 Å². The van der Waals surface area contributed by atoms with E-state index in [-0.39, 0.29) is 48.8 Å². The Kier molecular flexibility index (Phi) is 20.3. The highest BCUT2D eigenvalue weighted by Gasteiger charge is 2.50. The van der Waals surface area contributed by atoms with Gasteiger partial charge in [-0.25, -0.2) is 33.4 Å². The summed E-state index contributed by atoms with van der Waals surface area (Å²) in [6, 6.07) is 0. The fourth-order valence-electron chi connectivity index (χ4n) is 4.80. The molecule has 59 heavy (non-hydrogen) atoms. The summed E-state index contributed by atoms with van der Waals surface area (Å²) < 4.78 is 61.7. The number of carboxylic acids is 1. The number of phosphoric ester groups is 3. The molecule has 4 unspecified atom stereocenters. The third-order valence-corrected chi connectivity index (χ3v) is 11.1. The van der Waals surface area contributed by atoms with E-state index >= 15 is 0 Å². The van der Waals surface area contributed by atoms with Crippen LogP contribution in [0, 0.1) is 5.41 Å². The van der Waals surface area contributed by atoms with Crippen molar-refractivity contribution in [2.45, 2.75) is 76.0 Å². The molecule has 2 aromatic heterocycles. The molecular formula is C27H49N8O20P3S. The summed E-state index contributed by atoms with van der Waals surface area (Å²) in [5.41, 5.74) is 9.39. The topological polar surface area (TPSA) is 450 Å². The number of carbonyl (C=O) groups is 3. The van der Waals surface area contributed by atoms with Gasteiger partial charge < -0.3 is 71.9 Å². The minimum atomic E-state index is -5.54. The van der Waals surface area contributed by atoms with Gasteiger partial charge in [-0.3, -0.25) is 27.7 Å². The van der Waals surface area contributed by atoms with Crippen molar-refractivity contribution in [3.63, 3.8) is 0 Å². The maximum atomic E-state index is 12.6. The number of nitrogen functional groups attached to an aromatic ring is 1. The Hall–Kier alpha value is -2.76. The molecule has 1 saturated heterocycles. The second-order valence-corrected chi connectivity index (χ2v) is 17.8. The Morgan fingerprint density at radius 2 is 1.68 bits per heavy atom. The zero-order valence-electron chi connectivity index (χ0n) is 31.3. The first-order valence-electron chi connectivity index (χ1n) is 17.0. The fourth-order valence-corrected chi connectivity index (χ4v) is 7.74. The monoisotopic (exact) mass is 930 g/mol. The number of rotatable bonds is 23. The quantitative estimate of drug-likeness (QED) is 0.0387. The van der Waals surface area contributed by atoms with Crippen LogP contribution >= 0.6 is 36.1 Å². The molecule has 1 aliphatic heterocycles. The Morgan fingerprint density at radius 1 is 1.03 bits per heavy atom. The minimum absolute atomic E-state index is 0.0363. The molecular weight excluding hydrogens is 881 g/mol. The molecule has 0 aliphatic carbocycles. The Labute approximate surface area is 340 Å². The molecule has 9 atom stereocenters. The van der Waals surface area contributed by atoms with Gasteiger partial charge in [0.2, 0.25) is 11.8 Å². The summed E-state index contributed by atoms with van der Waals surface area (Å²) in [5.74, 6) is -2.26. The van der Waals surface area contributed by atoms with Crippen LogP contribution in [0.15, 0.2) is 12.7 Å². The molecule has 1 aliphatic rings. The van der Waals surface area contributed by atoms with E-state index in [0.717, 1.165) is 17.2 Å². The first-order valence-corrected chi connectivity index (χ1v) is 22.2. The number of anilines is 1. The van der Waals surface area contributed by atoms with Gasteiger partial charge in [0.25, 0.3) is 0 Å². The first-order chi connectivity index (χ1) is 27.2.